The number of aromatic amines is 1. The molecule has 7 nitrogen and oxygen atoms in total. The molecule has 0 radical (unpaired) electrons. The van der Waals surface area contributed by atoms with Crippen molar-refractivity contribution in [3.8, 4) is 5.75 Å². The van der Waals surface area contributed by atoms with Crippen LogP contribution in [0.15, 0.2) is 66.1 Å². The molecular formula is C24H19N3O4S. The van der Waals surface area contributed by atoms with Crippen molar-refractivity contribution in [2.24, 2.45) is 0 Å². The highest BCUT2D eigenvalue weighted by molar-refractivity contribution is 7.14. The molecule has 1 aliphatic rings. The van der Waals surface area contributed by atoms with Crippen molar-refractivity contribution in [1.29, 1.82) is 0 Å². The summed E-state index contributed by atoms with van der Waals surface area (Å²) in [5, 5.41) is 22.9. The molecule has 1 aliphatic heterocycles. The van der Waals surface area contributed by atoms with Gasteiger partial charge in [-0.15, -0.1) is 11.3 Å². The topological polar surface area (TPSA) is 107 Å². The number of phenolic OH excluding ortho intramolecular Hbond substituents is 1. The number of hydrogen-bond donors (Lipinski definition) is 3. The summed E-state index contributed by atoms with van der Waals surface area (Å²) in [5.74, 6) is -1.95. The summed E-state index contributed by atoms with van der Waals surface area (Å²) in [5.41, 5.74) is 2.19. The number of ketones is 1. The molecule has 8 heteroatoms. The lowest BCUT2D eigenvalue weighted by Gasteiger charge is -2.27. The first-order chi connectivity index (χ1) is 15.4. The standard InChI is InChI=1S/C24H19N3O4S/c1-12-23(32-13(2)26-12)21(29)19-20(15-11-25-16-8-4-3-7-14(15)16)27(24(31)22(19)30)17-9-5-6-10-18(17)28/h3-11,20,25,28,30H,1-2H3. The third-order valence-electron chi connectivity index (χ3n) is 5.62. The summed E-state index contributed by atoms with van der Waals surface area (Å²) in [6.07, 6.45) is 1.73. The van der Waals surface area contributed by atoms with E-state index in [0.29, 0.717) is 16.1 Å². The normalized spacial score (nSPS) is 16.4. The average molecular weight is 446 g/mol. The van der Waals surface area contributed by atoms with Crippen molar-refractivity contribution in [2.45, 2.75) is 19.9 Å². The number of aliphatic hydroxyl groups is 1. The van der Waals surface area contributed by atoms with Crippen LogP contribution in [-0.2, 0) is 4.79 Å². The molecule has 2 aromatic heterocycles. The summed E-state index contributed by atoms with van der Waals surface area (Å²) in [7, 11) is 0. The molecule has 5 rings (SSSR count). The fraction of sp³-hybridized carbons (Fsp3) is 0.125. The fourth-order valence-corrected chi connectivity index (χ4v) is 5.11. The van der Waals surface area contributed by atoms with E-state index in [9.17, 15) is 19.8 Å². The number of carbonyl (C=O) groups is 2. The highest BCUT2D eigenvalue weighted by Gasteiger charge is 2.46. The first-order valence-corrected chi connectivity index (χ1v) is 10.8. The number of nitrogens with zero attached hydrogens (tertiary/aromatic N) is 2. The number of H-pyrrole nitrogens is 1. The first-order valence-electron chi connectivity index (χ1n) is 9.98. The van der Waals surface area contributed by atoms with Gasteiger partial charge in [-0.3, -0.25) is 14.5 Å². The second-order valence-corrected chi connectivity index (χ2v) is 8.80. The fourth-order valence-electron chi connectivity index (χ4n) is 4.23. The Morgan fingerprint density at radius 2 is 1.81 bits per heavy atom. The Bertz CT molecular complexity index is 1430. The van der Waals surface area contributed by atoms with Crippen molar-refractivity contribution in [2.75, 3.05) is 4.90 Å². The number of aryl methyl sites for hydroxylation is 2. The van der Waals surface area contributed by atoms with Crippen molar-refractivity contribution in [3.63, 3.8) is 0 Å². The van der Waals surface area contributed by atoms with Crippen LogP contribution in [0.2, 0.25) is 0 Å². The monoisotopic (exact) mass is 445 g/mol. The van der Waals surface area contributed by atoms with Crippen LogP contribution in [0.5, 0.6) is 5.75 Å². The van der Waals surface area contributed by atoms with Crippen molar-refractivity contribution in [1.82, 2.24) is 9.97 Å². The second kappa shape index (κ2) is 7.35. The Morgan fingerprint density at radius 1 is 1.09 bits per heavy atom. The van der Waals surface area contributed by atoms with Gasteiger partial charge in [-0.1, -0.05) is 30.3 Å². The van der Waals surface area contributed by atoms with Crippen molar-refractivity contribution in [3.05, 3.63) is 87.2 Å². The van der Waals surface area contributed by atoms with Crippen molar-refractivity contribution >= 4 is 39.6 Å². The van der Waals surface area contributed by atoms with Gasteiger partial charge in [0, 0.05) is 22.7 Å². The van der Waals surface area contributed by atoms with Crippen LogP contribution in [-0.4, -0.2) is 31.9 Å². The molecule has 1 unspecified atom stereocenters. The Kier molecular flexibility index (Phi) is 4.60. The number of aliphatic hydroxyl groups excluding tert-OH is 1. The quantitative estimate of drug-likeness (QED) is 0.394. The number of nitrogens with one attached hydrogen (secondary N) is 1. The lowest BCUT2D eigenvalue weighted by molar-refractivity contribution is -0.117. The van der Waals surface area contributed by atoms with E-state index in [1.807, 2.05) is 24.3 Å². The number of carbonyl (C=O) groups excluding carboxylic acids is 2. The van der Waals surface area contributed by atoms with Crippen LogP contribution in [0, 0.1) is 13.8 Å². The van der Waals surface area contributed by atoms with Gasteiger partial charge in [-0.2, -0.15) is 0 Å². The smallest absolute Gasteiger partial charge is 0.294 e. The molecule has 32 heavy (non-hydrogen) atoms. The molecule has 1 amide bonds. The maximum atomic E-state index is 13.6. The molecule has 160 valence electrons. The predicted molar refractivity (Wildman–Crippen MR) is 122 cm³/mol. The van der Waals surface area contributed by atoms with Gasteiger partial charge in [0.25, 0.3) is 5.91 Å². The maximum absolute atomic E-state index is 13.6. The average Bonchev–Trinajstić information content (AvgIpc) is 3.42. The Hall–Kier alpha value is -3.91. The molecule has 2 aromatic carbocycles. The first kappa shape index (κ1) is 20.0. The maximum Gasteiger partial charge on any atom is 0.294 e. The van der Waals surface area contributed by atoms with Crippen LogP contribution in [0.1, 0.15) is 32.0 Å². The number of rotatable bonds is 4. The number of para-hydroxylation sites is 3. The molecule has 3 N–H and O–H groups in total. The van der Waals surface area contributed by atoms with Crippen LogP contribution < -0.4 is 4.90 Å². The lowest BCUT2D eigenvalue weighted by atomic mass is 9.94. The number of aromatic hydroxyl groups is 1. The highest BCUT2D eigenvalue weighted by Crippen LogP contribution is 2.46. The van der Waals surface area contributed by atoms with E-state index >= 15 is 0 Å². The van der Waals surface area contributed by atoms with Gasteiger partial charge in [-0.25, -0.2) is 4.98 Å². The lowest BCUT2D eigenvalue weighted by Crippen LogP contribution is -2.31. The van der Waals surface area contributed by atoms with Crippen molar-refractivity contribution < 1.29 is 19.8 Å². The SMILES string of the molecule is Cc1nc(C)c(C(=O)C2=C(O)C(=O)N(c3ccccc3O)C2c2c[nH]c3ccccc23)s1. The minimum Gasteiger partial charge on any atom is -0.506 e. The highest BCUT2D eigenvalue weighted by atomic mass is 32.1. The number of benzene rings is 2. The van der Waals surface area contributed by atoms with E-state index in [1.54, 1.807) is 38.2 Å². The van der Waals surface area contributed by atoms with Crippen LogP contribution in [0.4, 0.5) is 5.69 Å². The largest absolute Gasteiger partial charge is 0.506 e. The van der Waals surface area contributed by atoms with Gasteiger partial charge in [0.2, 0.25) is 5.78 Å². The van der Waals surface area contributed by atoms with Gasteiger partial charge in [0.05, 0.1) is 32.9 Å². The molecular weight excluding hydrogens is 426 g/mol. The second-order valence-electron chi connectivity index (χ2n) is 7.59. The Balaban J connectivity index is 1.76. The molecule has 0 bridgehead atoms. The number of phenols is 1. The third-order valence-corrected chi connectivity index (χ3v) is 6.69. The Morgan fingerprint density at radius 3 is 2.53 bits per heavy atom. The zero-order chi connectivity index (χ0) is 22.6. The summed E-state index contributed by atoms with van der Waals surface area (Å²) < 4.78 is 0. The van der Waals surface area contributed by atoms with E-state index in [4.69, 9.17) is 0 Å². The summed E-state index contributed by atoms with van der Waals surface area (Å²) in [6.45, 7) is 3.53. The zero-order valence-corrected chi connectivity index (χ0v) is 18.1. The van der Waals surface area contributed by atoms with Gasteiger partial charge in [0.15, 0.2) is 5.76 Å². The van der Waals surface area contributed by atoms with E-state index in [2.05, 4.69) is 9.97 Å². The number of fused-ring (bicyclic) bond motifs is 1. The minimum atomic E-state index is -0.929. The van der Waals surface area contributed by atoms with Gasteiger partial charge in [-0.05, 0) is 32.0 Å². The van der Waals surface area contributed by atoms with Crippen LogP contribution >= 0.6 is 11.3 Å². The number of thiazole rings is 1. The molecule has 3 heterocycles. The molecule has 4 aromatic rings. The van der Waals surface area contributed by atoms with Gasteiger partial charge < -0.3 is 15.2 Å². The van der Waals surface area contributed by atoms with E-state index < -0.39 is 23.5 Å². The predicted octanol–water partition coefficient (Wildman–Crippen LogP) is 4.73. The minimum absolute atomic E-state index is 0.0326. The molecule has 0 spiro atoms. The molecule has 1 atom stereocenters. The van der Waals surface area contributed by atoms with E-state index in [-0.39, 0.29) is 17.0 Å². The summed E-state index contributed by atoms with van der Waals surface area (Å²) in [4.78, 5) is 36.1. The number of aromatic nitrogens is 2. The Labute approximate surface area is 187 Å². The molecule has 0 saturated carbocycles. The zero-order valence-electron chi connectivity index (χ0n) is 17.3. The number of amides is 1. The summed E-state index contributed by atoms with van der Waals surface area (Å²) >= 11 is 1.22. The van der Waals surface area contributed by atoms with E-state index in [0.717, 1.165) is 15.9 Å². The van der Waals surface area contributed by atoms with Crippen LogP contribution in [0.25, 0.3) is 10.9 Å². The summed E-state index contributed by atoms with van der Waals surface area (Å²) in [6, 6.07) is 13.0. The van der Waals surface area contributed by atoms with Crippen LogP contribution in [0.3, 0.4) is 0 Å². The number of Topliss-reactive ketones (excluding diaryl/α,β-unsaturated/α-hetero) is 1. The number of hydrogen-bond acceptors (Lipinski definition) is 6. The van der Waals surface area contributed by atoms with Gasteiger partial charge >= 0.3 is 0 Å². The molecule has 0 fully saturated rings. The molecule has 0 aliphatic carbocycles. The third kappa shape index (κ3) is 2.91. The molecule has 0 saturated heterocycles. The van der Waals surface area contributed by atoms with E-state index in [1.165, 1.54) is 22.3 Å². The van der Waals surface area contributed by atoms with Gasteiger partial charge in [0.1, 0.15) is 5.75 Å². The number of anilines is 1.